The molecule has 0 saturated carbocycles. The highest BCUT2D eigenvalue weighted by Crippen LogP contribution is 2.35. The Labute approximate surface area is 152 Å². The van der Waals surface area contributed by atoms with Crippen LogP contribution in [-0.4, -0.2) is 47.0 Å². The van der Waals surface area contributed by atoms with Crippen LogP contribution in [0.5, 0.6) is 0 Å². The molecular formula is C20H22N4O2. The first-order valence-corrected chi connectivity index (χ1v) is 9.30. The standard InChI is InChI=1S/C20H22N4O2/c1-22-8-7-14-5-6-16(21-19(14)22)20(26)23-10-13-9-15(12-23)17-3-2-4-18(25)24(17)11-13/h2-6,13,15H,7-12H2,1H3/t13-,15+/m0/s1. The number of amides is 1. The second kappa shape index (κ2) is 5.69. The molecule has 2 bridgehead atoms. The number of piperidine rings is 1. The predicted molar refractivity (Wildman–Crippen MR) is 98.7 cm³/mol. The number of aromatic nitrogens is 2. The van der Waals surface area contributed by atoms with Crippen molar-refractivity contribution < 1.29 is 4.79 Å². The molecule has 0 N–H and O–H groups in total. The van der Waals surface area contributed by atoms with E-state index in [9.17, 15) is 9.59 Å². The molecule has 6 nitrogen and oxygen atoms in total. The van der Waals surface area contributed by atoms with Gasteiger partial charge >= 0.3 is 0 Å². The maximum absolute atomic E-state index is 13.1. The molecule has 0 unspecified atom stereocenters. The van der Waals surface area contributed by atoms with Gasteiger partial charge in [0.15, 0.2) is 0 Å². The van der Waals surface area contributed by atoms with Gasteiger partial charge in [-0.2, -0.15) is 0 Å². The quantitative estimate of drug-likeness (QED) is 0.782. The molecular weight excluding hydrogens is 328 g/mol. The van der Waals surface area contributed by atoms with Gasteiger partial charge in [0.05, 0.1) is 0 Å². The van der Waals surface area contributed by atoms with E-state index in [0.29, 0.717) is 31.2 Å². The first-order chi connectivity index (χ1) is 12.6. The summed E-state index contributed by atoms with van der Waals surface area (Å²) in [5, 5.41) is 0. The zero-order valence-electron chi connectivity index (χ0n) is 14.9. The van der Waals surface area contributed by atoms with Gasteiger partial charge in [0.1, 0.15) is 11.5 Å². The van der Waals surface area contributed by atoms with Crippen LogP contribution in [0, 0.1) is 5.92 Å². The third kappa shape index (κ3) is 2.35. The van der Waals surface area contributed by atoms with Crippen LogP contribution in [0.3, 0.4) is 0 Å². The molecule has 2 aromatic heterocycles. The Bertz CT molecular complexity index is 951. The molecule has 0 radical (unpaired) electrons. The number of anilines is 1. The second-order valence-corrected chi connectivity index (χ2v) is 7.76. The molecule has 0 spiro atoms. The minimum atomic E-state index is 0.00882. The molecule has 0 aliphatic carbocycles. The average Bonchev–Trinajstić information content (AvgIpc) is 3.02. The summed E-state index contributed by atoms with van der Waals surface area (Å²) in [6.45, 7) is 3.02. The molecule has 3 aliphatic rings. The van der Waals surface area contributed by atoms with Gasteiger partial charge in [-0.15, -0.1) is 0 Å². The number of likely N-dealkylation sites (tertiary alicyclic amines) is 1. The van der Waals surface area contributed by atoms with Crippen molar-refractivity contribution in [2.75, 3.05) is 31.6 Å². The molecule has 6 heteroatoms. The Kier molecular flexibility index (Phi) is 3.42. The van der Waals surface area contributed by atoms with Crippen LogP contribution in [-0.2, 0) is 13.0 Å². The van der Waals surface area contributed by atoms with Gasteiger partial charge in [-0.25, -0.2) is 4.98 Å². The van der Waals surface area contributed by atoms with E-state index in [2.05, 4.69) is 9.88 Å². The van der Waals surface area contributed by atoms with Crippen molar-refractivity contribution in [2.45, 2.75) is 25.3 Å². The van der Waals surface area contributed by atoms with E-state index >= 15 is 0 Å². The normalized spacial score (nSPS) is 23.6. The Morgan fingerprint density at radius 2 is 2.04 bits per heavy atom. The topological polar surface area (TPSA) is 58.4 Å². The molecule has 5 rings (SSSR count). The van der Waals surface area contributed by atoms with Gasteiger partial charge < -0.3 is 14.4 Å². The molecule has 1 saturated heterocycles. The fourth-order valence-electron chi connectivity index (χ4n) is 4.74. The summed E-state index contributed by atoms with van der Waals surface area (Å²) in [6.07, 6.45) is 2.04. The lowest BCUT2D eigenvalue weighted by molar-refractivity contribution is 0.0589. The van der Waals surface area contributed by atoms with Gasteiger partial charge in [-0.1, -0.05) is 12.1 Å². The highest BCUT2D eigenvalue weighted by atomic mass is 16.2. The minimum Gasteiger partial charge on any atom is -0.359 e. The molecule has 3 aliphatic heterocycles. The largest absolute Gasteiger partial charge is 0.359 e. The Morgan fingerprint density at radius 1 is 1.15 bits per heavy atom. The fourth-order valence-corrected chi connectivity index (χ4v) is 4.74. The SMILES string of the molecule is CN1CCc2ccc(C(=O)N3C[C@@H]4C[C@H](C3)c3cccc(=O)n3C4)nc21. The molecule has 5 heterocycles. The van der Waals surface area contributed by atoms with Crippen molar-refractivity contribution in [3.63, 3.8) is 0 Å². The summed E-state index contributed by atoms with van der Waals surface area (Å²) in [7, 11) is 2.02. The number of rotatable bonds is 1. The first-order valence-electron chi connectivity index (χ1n) is 9.30. The van der Waals surface area contributed by atoms with Crippen LogP contribution in [0.1, 0.15) is 34.1 Å². The fraction of sp³-hybridized carbons (Fsp3) is 0.450. The zero-order valence-corrected chi connectivity index (χ0v) is 14.9. The summed E-state index contributed by atoms with van der Waals surface area (Å²) >= 11 is 0. The van der Waals surface area contributed by atoms with Crippen molar-refractivity contribution in [2.24, 2.45) is 5.92 Å². The number of hydrogen-bond donors (Lipinski definition) is 0. The van der Waals surface area contributed by atoms with Crippen LogP contribution in [0.2, 0.25) is 0 Å². The molecule has 26 heavy (non-hydrogen) atoms. The van der Waals surface area contributed by atoms with Gasteiger partial charge in [-0.3, -0.25) is 9.59 Å². The number of fused-ring (bicyclic) bond motifs is 5. The van der Waals surface area contributed by atoms with Gasteiger partial charge in [0.25, 0.3) is 11.5 Å². The highest BCUT2D eigenvalue weighted by molar-refractivity contribution is 5.93. The number of carbonyl (C=O) groups is 1. The highest BCUT2D eigenvalue weighted by Gasteiger charge is 2.37. The van der Waals surface area contributed by atoms with E-state index in [1.807, 2.05) is 40.8 Å². The van der Waals surface area contributed by atoms with E-state index in [1.165, 1.54) is 5.56 Å². The van der Waals surface area contributed by atoms with Crippen LogP contribution >= 0.6 is 0 Å². The first kappa shape index (κ1) is 15.6. The number of likely N-dealkylation sites (N-methyl/N-ethyl adjacent to an activating group) is 1. The van der Waals surface area contributed by atoms with Crippen molar-refractivity contribution >= 4 is 11.7 Å². The minimum absolute atomic E-state index is 0.00882. The summed E-state index contributed by atoms with van der Waals surface area (Å²) in [5.74, 6) is 1.51. The third-order valence-corrected chi connectivity index (χ3v) is 6.02. The number of nitrogens with zero attached hydrogens (tertiary/aromatic N) is 4. The molecule has 1 amide bonds. The smallest absolute Gasteiger partial charge is 0.272 e. The number of pyridine rings is 2. The second-order valence-electron chi connectivity index (χ2n) is 7.76. The van der Waals surface area contributed by atoms with E-state index < -0.39 is 0 Å². The lowest BCUT2D eigenvalue weighted by Crippen LogP contribution is -2.49. The summed E-state index contributed by atoms with van der Waals surface area (Å²) in [5.41, 5.74) is 2.88. The van der Waals surface area contributed by atoms with Crippen molar-refractivity contribution in [3.8, 4) is 0 Å². The average molecular weight is 350 g/mol. The molecule has 1 fully saturated rings. The molecule has 134 valence electrons. The summed E-state index contributed by atoms with van der Waals surface area (Å²) in [4.78, 5) is 33.9. The van der Waals surface area contributed by atoms with Gasteiger partial charge in [0, 0.05) is 50.9 Å². The van der Waals surface area contributed by atoms with Crippen molar-refractivity contribution in [1.82, 2.24) is 14.5 Å². The number of carbonyl (C=O) groups excluding carboxylic acids is 1. The van der Waals surface area contributed by atoms with Gasteiger partial charge in [-0.05, 0) is 36.5 Å². The lowest BCUT2D eigenvalue weighted by atomic mass is 9.83. The lowest BCUT2D eigenvalue weighted by Gasteiger charge is -2.42. The van der Waals surface area contributed by atoms with Gasteiger partial charge in [0.2, 0.25) is 0 Å². The Morgan fingerprint density at radius 3 is 2.92 bits per heavy atom. The van der Waals surface area contributed by atoms with E-state index in [-0.39, 0.29) is 17.4 Å². The summed E-state index contributed by atoms with van der Waals surface area (Å²) < 4.78 is 1.89. The maximum Gasteiger partial charge on any atom is 0.272 e. The summed E-state index contributed by atoms with van der Waals surface area (Å²) in [6, 6.07) is 9.38. The predicted octanol–water partition coefficient (Wildman–Crippen LogP) is 1.50. The molecule has 2 aromatic rings. The van der Waals surface area contributed by atoms with E-state index in [0.717, 1.165) is 30.9 Å². The zero-order chi connectivity index (χ0) is 17.8. The van der Waals surface area contributed by atoms with Crippen LogP contribution in [0.15, 0.2) is 35.1 Å². The molecule has 2 atom stereocenters. The van der Waals surface area contributed by atoms with Crippen molar-refractivity contribution in [1.29, 1.82) is 0 Å². The Balaban J connectivity index is 1.43. The van der Waals surface area contributed by atoms with Crippen molar-refractivity contribution in [3.05, 3.63) is 57.6 Å². The number of hydrogen-bond acceptors (Lipinski definition) is 4. The van der Waals surface area contributed by atoms with Crippen LogP contribution in [0.25, 0.3) is 0 Å². The Hall–Kier alpha value is -2.63. The van der Waals surface area contributed by atoms with Crippen LogP contribution in [0.4, 0.5) is 5.82 Å². The maximum atomic E-state index is 13.1. The molecule has 0 aromatic carbocycles. The van der Waals surface area contributed by atoms with E-state index in [4.69, 9.17) is 0 Å². The van der Waals surface area contributed by atoms with E-state index in [1.54, 1.807) is 6.07 Å². The monoisotopic (exact) mass is 350 g/mol. The third-order valence-electron chi connectivity index (χ3n) is 6.02. The van der Waals surface area contributed by atoms with Crippen LogP contribution < -0.4 is 10.5 Å².